The lowest BCUT2D eigenvalue weighted by molar-refractivity contribution is 0.205. The summed E-state index contributed by atoms with van der Waals surface area (Å²) in [7, 11) is 1.75. The molecule has 0 atom stereocenters. The van der Waals surface area contributed by atoms with Crippen molar-refractivity contribution in [3.8, 4) is 0 Å². The SMILES string of the molecule is COCCN1CCNCc2cc(Br)ccc21. The maximum atomic E-state index is 5.15. The first-order chi connectivity index (χ1) is 7.81. The van der Waals surface area contributed by atoms with Crippen LogP contribution in [0, 0.1) is 0 Å². The highest BCUT2D eigenvalue weighted by Crippen LogP contribution is 2.25. The molecule has 0 fully saturated rings. The van der Waals surface area contributed by atoms with Gasteiger partial charge in [0.15, 0.2) is 0 Å². The first-order valence-corrected chi connectivity index (χ1v) is 6.33. The van der Waals surface area contributed by atoms with Crippen LogP contribution in [0.3, 0.4) is 0 Å². The molecule has 1 aromatic carbocycles. The summed E-state index contributed by atoms with van der Waals surface area (Å²) in [5.74, 6) is 0. The van der Waals surface area contributed by atoms with E-state index >= 15 is 0 Å². The van der Waals surface area contributed by atoms with Crippen LogP contribution in [0.2, 0.25) is 0 Å². The topological polar surface area (TPSA) is 24.5 Å². The largest absolute Gasteiger partial charge is 0.383 e. The highest BCUT2D eigenvalue weighted by Gasteiger charge is 2.14. The van der Waals surface area contributed by atoms with Crippen molar-refractivity contribution in [3.05, 3.63) is 28.2 Å². The Balaban J connectivity index is 2.22. The normalized spacial score (nSPS) is 15.8. The van der Waals surface area contributed by atoms with Crippen molar-refractivity contribution in [3.63, 3.8) is 0 Å². The van der Waals surface area contributed by atoms with E-state index in [1.807, 2.05) is 0 Å². The van der Waals surface area contributed by atoms with Gasteiger partial charge in [-0.05, 0) is 23.8 Å². The average molecular weight is 285 g/mol. The first-order valence-electron chi connectivity index (χ1n) is 5.54. The zero-order chi connectivity index (χ0) is 11.4. The molecule has 3 nitrogen and oxygen atoms in total. The molecule has 1 heterocycles. The molecule has 0 spiro atoms. The van der Waals surface area contributed by atoms with Crippen molar-refractivity contribution in [2.24, 2.45) is 0 Å². The second-order valence-corrected chi connectivity index (χ2v) is 4.85. The monoisotopic (exact) mass is 284 g/mol. The van der Waals surface area contributed by atoms with Crippen molar-refractivity contribution in [1.29, 1.82) is 0 Å². The van der Waals surface area contributed by atoms with E-state index in [-0.39, 0.29) is 0 Å². The first kappa shape index (κ1) is 11.9. The minimum atomic E-state index is 0.773. The molecule has 0 aromatic heterocycles. The molecule has 0 bridgehead atoms. The average Bonchev–Trinajstić information content (AvgIpc) is 2.48. The number of fused-ring (bicyclic) bond motifs is 1. The van der Waals surface area contributed by atoms with Crippen LogP contribution in [0.1, 0.15) is 5.56 Å². The van der Waals surface area contributed by atoms with Gasteiger partial charge >= 0.3 is 0 Å². The number of hydrogen-bond acceptors (Lipinski definition) is 3. The predicted molar refractivity (Wildman–Crippen MR) is 69.9 cm³/mol. The summed E-state index contributed by atoms with van der Waals surface area (Å²) in [5, 5.41) is 3.43. The summed E-state index contributed by atoms with van der Waals surface area (Å²) in [5.41, 5.74) is 2.67. The Labute approximate surface area is 105 Å². The Morgan fingerprint density at radius 2 is 2.38 bits per heavy atom. The maximum absolute atomic E-state index is 5.15. The molecule has 16 heavy (non-hydrogen) atoms. The van der Waals surface area contributed by atoms with Gasteiger partial charge in [0, 0.05) is 43.4 Å². The summed E-state index contributed by atoms with van der Waals surface area (Å²) in [6.07, 6.45) is 0. The standard InChI is InChI=1S/C12H17BrN2O/c1-16-7-6-15-5-4-14-9-10-8-11(13)2-3-12(10)15/h2-3,8,14H,4-7,9H2,1H3. The molecule has 0 amide bonds. The van der Waals surface area contributed by atoms with E-state index in [0.29, 0.717) is 0 Å². The molecule has 1 aliphatic heterocycles. The van der Waals surface area contributed by atoms with E-state index in [2.05, 4.69) is 44.3 Å². The molecular weight excluding hydrogens is 268 g/mol. The van der Waals surface area contributed by atoms with Crippen LogP contribution < -0.4 is 10.2 Å². The number of nitrogens with one attached hydrogen (secondary N) is 1. The van der Waals surface area contributed by atoms with Gasteiger partial charge < -0.3 is 15.0 Å². The fraction of sp³-hybridized carbons (Fsp3) is 0.500. The lowest BCUT2D eigenvalue weighted by Gasteiger charge is -2.24. The van der Waals surface area contributed by atoms with Crippen LogP contribution in [0.4, 0.5) is 5.69 Å². The van der Waals surface area contributed by atoms with Crippen molar-refractivity contribution >= 4 is 21.6 Å². The Morgan fingerprint density at radius 1 is 1.50 bits per heavy atom. The molecule has 0 radical (unpaired) electrons. The summed E-state index contributed by atoms with van der Waals surface area (Å²) >= 11 is 3.52. The predicted octanol–water partition coefficient (Wildman–Crippen LogP) is 2.01. The molecule has 1 aliphatic rings. The van der Waals surface area contributed by atoms with Gasteiger partial charge in [0.25, 0.3) is 0 Å². The van der Waals surface area contributed by atoms with Gasteiger partial charge in [-0.1, -0.05) is 15.9 Å². The van der Waals surface area contributed by atoms with E-state index < -0.39 is 0 Å². The lowest BCUT2D eigenvalue weighted by atomic mass is 10.1. The van der Waals surface area contributed by atoms with E-state index in [9.17, 15) is 0 Å². The van der Waals surface area contributed by atoms with Crippen LogP contribution in [0.25, 0.3) is 0 Å². The smallest absolute Gasteiger partial charge is 0.0637 e. The van der Waals surface area contributed by atoms with E-state index in [0.717, 1.165) is 37.3 Å². The number of methoxy groups -OCH3 is 1. The zero-order valence-electron chi connectivity index (χ0n) is 9.50. The van der Waals surface area contributed by atoms with Crippen molar-refractivity contribution < 1.29 is 4.74 Å². The Morgan fingerprint density at radius 3 is 3.19 bits per heavy atom. The van der Waals surface area contributed by atoms with Gasteiger partial charge in [-0.3, -0.25) is 0 Å². The van der Waals surface area contributed by atoms with Gasteiger partial charge in [0.05, 0.1) is 6.61 Å². The Bertz CT molecular complexity index is 357. The van der Waals surface area contributed by atoms with Gasteiger partial charge in [0.1, 0.15) is 0 Å². The number of rotatable bonds is 3. The third kappa shape index (κ3) is 2.75. The zero-order valence-corrected chi connectivity index (χ0v) is 11.1. The molecule has 88 valence electrons. The van der Waals surface area contributed by atoms with Crippen LogP contribution in [0.15, 0.2) is 22.7 Å². The Kier molecular flexibility index (Phi) is 4.21. The van der Waals surface area contributed by atoms with Crippen molar-refractivity contribution in [2.45, 2.75) is 6.54 Å². The molecule has 0 aliphatic carbocycles. The van der Waals surface area contributed by atoms with Crippen LogP contribution in [0.5, 0.6) is 0 Å². The van der Waals surface area contributed by atoms with Crippen molar-refractivity contribution in [2.75, 3.05) is 38.3 Å². The highest BCUT2D eigenvalue weighted by molar-refractivity contribution is 9.10. The summed E-state index contributed by atoms with van der Waals surface area (Å²) in [6.45, 7) is 4.73. The van der Waals surface area contributed by atoms with Gasteiger partial charge in [0.2, 0.25) is 0 Å². The molecule has 0 saturated carbocycles. The second kappa shape index (κ2) is 5.66. The number of anilines is 1. The Hall–Kier alpha value is -0.580. The molecule has 4 heteroatoms. The highest BCUT2D eigenvalue weighted by atomic mass is 79.9. The fourth-order valence-corrected chi connectivity index (χ4v) is 2.40. The van der Waals surface area contributed by atoms with E-state index in [1.165, 1.54) is 11.3 Å². The second-order valence-electron chi connectivity index (χ2n) is 3.93. The third-order valence-corrected chi connectivity index (χ3v) is 3.31. The summed E-state index contributed by atoms with van der Waals surface area (Å²) < 4.78 is 6.29. The quantitative estimate of drug-likeness (QED) is 0.919. The number of ether oxygens (including phenoxy) is 1. The van der Waals surface area contributed by atoms with Gasteiger partial charge in [-0.15, -0.1) is 0 Å². The minimum absolute atomic E-state index is 0.773. The van der Waals surface area contributed by atoms with Crippen LogP contribution in [-0.4, -0.2) is 33.4 Å². The van der Waals surface area contributed by atoms with Crippen molar-refractivity contribution in [1.82, 2.24) is 5.32 Å². The number of halogens is 1. The van der Waals surface area contributed by atoms with E-state index in [1.54, 1.807) is 7.11 Å². The van der Waals surface area contributed by atoms with Crippen LogP contribution in [-0.2, 0) is 11.3 Å². The van der Waals surface area contributed by atoms with Gasteiger partial charge in [-0.25, -0.2) is 0 Å². The fourth-order valence-electron chi connectivity index (χ4n) is 2.00. The third-order valence-electron chi connectivity index (χ3n) is 2.82. The lowest BCUT2D eigenvalue weighted by Crippen LogP contribution is -2.31. The van der Waals surface area contributed by atoms with Gasteiger partial charge in [-0.2, -0.15) is 0 Å². The van der Waals surface area contributed by atoms with Crippen LogP contribution >= 0.6 is 15.9 Å². The molecule has 1 aromatic rings. The summed E-state index contributed by atoms with van der Waals surface area (Å²) in [4.78, 5) is 2.38. The number of benzene rings is 1. The molecular formula is C12H17BrN2O. The molecule has 1 N–H and O–H groups in total. The minimum Gasteiger partial charge on any atom is -0.383 e. The maximum Gasteiger partial charge on any atom is 0.0637 e. The summed E-state index contributed by atoms with van der Waals surface area (Å²) in [6, 6.07) is 6.47. The number of hydrogen-bond donors (Lipinski definition) is 1. The molecule has 0 unspecified atom stereocenters. The van der Waals surface area contributed by atoms with E-state index in [4.69, 9.17) is 4.74 Å². The molecule has 0 saturated heterocycles. The number of nitrogens with zero attached hydrogens (tertiary/aromatic N) is 1. The molecule has 2 rings (SSSR count).